The van der Waals surface area contributed by atoms with Crippen molar-refractivity contribution >= 4 is 34.3 Å². The molecule has 0 saturated heterocycles. The zero-order valence-electron chi connectivity index (χ0n) is 14.1. The summed E-state index contributed by atoms with van der Waals surface area (Å²) in [5.41, 5.74) is 1.32. The average Bonchev–Trinajstić information content (AvgIpc) is 2.63. The lowest BCUT2D eigenvalue weighted by Crippen LogP contribution is -2.26. The number of hydrogen-bond donors (Lipinski definition) is 1. The highest BCUT2D eigenvalue weighted by atomic mass is 32.2. The molecule has 0 unspecified atom stereocenters. The van der Waals surface area contributed by atoms with Gasteiger partial charge in [0.1, 0.15) is 0 Å². The van der Waals surface area contributed by atoms with E-state index in [0.29, 0.717) is 22.6 Å². The molecule has 1 heterocycles. The highest BCUT2D eigenvalue weighted by Crippen LogP contribution is 2.23. The molecule has 3 rings (SSSR count). The molecule has 0 aliphatic heterocycles. The first-order valence-corrected chi connectivity index (χ1v) is 9.00. The lowest BCUT2D eigenvalue weighted by molar-refractivity contribution is -0.115. The van der Waals surface area contributed by atoms with E-state index in [-0.39, 0.29) is 16.7 Å². The van der Waals surface area contributed by atoms with Crippen LogP contribution >= 0.6 is 11.8 Å². The van der Waals surface area contributed by atoms with Crippen LogP contribution in [0.25, 0.3) is 10.9 Å². The van der Waals surface area contributed by atoms with Crippen LogP contribution in [0.15, 0.2) is 64.5 Å². The summed E-state index contributed by atoms with van der Waals surface area (Å²) in [6.07, 6.45) is 0. The molecule has 25 heavy (non-hydrogen) atoms. The van der Waals surface area contributed by atoms with Gasteiger partial charge in [0, 0.05) is 12.2 Å². The Morgan fingerprint density at radius 1 is 1.16 bits per heavy atom. The molecule has 6 heteroatoms. The molecule has 128 valence electrons. The Morgan fingerprint density at radius 3 is 2.56 bits per heavy atom. The van der Waals surface area contributed by atoms with Gasteiger partial charge in [0.05, 0.1) is 16.2 Å². The molecule has 0 radical (unpaired) electrons. The Labute approximate surface area is 150 Å². The summed E-state index contributed by atoms with van der Waals surface area (Å²) in [5.74, 6) is -0.124. The molecule has 1 N–H and O–H groups in total. The number of carbonyl (C=O) groups is 1. The van der Waals surface area contributed by atoms with E-state index in [1.54, 1.807) is 10.6 Å². The number of rotatable bonds is 5. The molecule has 0 fully saturated rings. The number of nitrogens with zero attached hydrogens (tertiary/aromatic N) is 2. The van der Waals surface area contributed by atoms with Crippen molar-refractivity contribution < 1.29 is 4.79 Å². The minimum absolute atomic E-state index is 0.0775. The van der Waals surface area contributed by atoms with Crippen LogP contribution in [0, 0.1) is 0 Å². The SMILES string of the molecule is CCn1c(S[C@H](C)C(=O)Nc2ccccc2)nc2ccccc2c1=O. The van der Waals surface area contributed by atoms with Gasteiger partial charge in [0.15, 0.2) is 5.16 Å². The maximum Gasteiger partial charge on any atom is 0.262 e. The molecule has 0 bridgehead atoms. The van der Waals surface area contributed by atoms with E-state index in [1.807, 2.05) is 62.4 Å². The summed E-state index contributed by atoms with van der Waals surface area (Å²) in [6, 6.07) is 16.6. The van der Waals surface area contributed by atoms with E-state index in [2.05, 4.69) is 10.3 Å². The van der Waals surface area contributed by atoms with Gasteiger partial charge in [-0.3, -0.25) is 14.2 Å². The van der Waals surface area contributed by atoms with Crippen molar-refractivity contribution in [2.24, 2.45) is 0 Å². The Balaban J connectivity index is 1.86. The molecule has 0 saturated carbocycles. The van der Waals surface area contributed by atoms with Gasteiger partial charge in [0.25, 0.3) is 5.56 Å². The zero-order valence-corrected chi connectivity index (χ0v) is 14.9. The van der Waals surface area contributed by atoms with Gasteiger partial charge < -0.3 is 5.32 Å². The first-order valence-electron chi connectivity index (χ1n) is 8.12. The normalized spacial score (nSPS) is 12.1. The van der Waals surface area contributed by atoms with Crippen LogP contribution in [0.3, 0.4) is 0 Å². The number of anilines is 1. The van der Waals surface area contributed by atoms with E-state index in [4.69, 9.17) is 0 Å². The summed E-state index contributed by atoms with van der Waals surface area (Å²) < 4.78 is 1.61. The van der Waals surface area contributed by atoms with Gasteiger partial charge in [-0.1, -0.05) is 42.1 Å². The largest absolute Gasteiger partial charge is 0.325 e. The molecule has 1 atom stereocenters. The molecule has 0 aliphatic rings. The molecule has 5 nitrogen and oxygen atoms in total. The maximum absolute atomic E-state index is 12.6. The summed E-state index contributed by atoms with van der Waals surface area (Å²) in [7, 11) is 0. The third-order valence-corrected chi connectivity index (χ3v) is 4.93. The van der Waals surface area contributed by atoms with E-state index in [9.17, 15) is 9.59 Å². The molecular weight excluding hydrogens is 334 g/mol. The van der Waals surface area contributed by atoms with Gasteiger partial charge >= 0.3 is 0 Å². The van der Waals surface area contributed by atoms with E-state index in [0.717, 1.165) is 5.69 Å². The Kier molecular flexibility index (Phi) is 5.19. The molecule has 1 amide bonds. The number of fused-ring (bicyclic) bond motifs is 1. The second kappa shape index (κ2) is 7.53. The quantitative estimate of drug-likeness (QED) is 0.563. The summed E-state index contributed by atoms with van der Waals surface area (Å²) >= 11 is 1.29. The zero-order chi connectivity index (χ0) is 17.8. The summed E-state index contributed by atoms with van der Waals surface area (Å²) in [4.78, 5) is 29.6. The number of thioether (sulfide) groups is 1. The van der Waals surface area contributed by atoms with E-state index in [1.165, 1.54) is 11.8 Å². The predicted molar refractivity (Wildman–Crippen MR) is 102 cm³/mol. The second-order valence-corrected chi connectivity index (χ2v) is 6.88. The number of nitrogens with one attached hydrogen (secondary N) is 1. The van der Waals surface area contributed by atoms with Crippen molar-refractivity contribution in [3.8, 4) is 0 Å². The van der Waals surface area contributed by atoms with Gasteiger partial charge in [-0.15, -0.1) is 0 Å². The first kappa shape index (κ1) is 17.2. The van der Waals surface area contributed by atoms with Crippen molar-refractivity contribution in [1.82, 2.24) is 9.55 Å². The number of aromatic nitrogens is 2. The van der Waals surface area contributed by atoms with Crippen molar-refractivity contribution in [1.29, 1.82) is 0 Å². The van der Waals surface area contributed by atoms with E-state index < -0.39 is 0 Å². The van der Waals surface area contributed by atoms with Crippen LogP contribution in [0.1, 0.15) is 13.8 Å². The van der Waals surface area contributed by atoms with Crippen molar-refractivity contribution in [3.63, 3.8) is 0 Å². The molecule has 0 spiro atoms. The lowest BCUT2D eigenvalue weighted by Gasteiger charge is -2.15. The minimum atomic E-state index is -0.383. The van der Waals surface area contributed by atoms with E-state index >= 15 is 0 Å². The standard InChI is InChI=1S/C19H19N3O2S/c1-3-22-18(24)15-11-7-8-12-16(15)21-19(22)25-13(2)17(23)20-14-9-5-4-6-10-14/h4-13H,3H2,1-2H3,(H,20,23)/t13-/m1/s1. The van der Waals surface area contributed by atoms with Crippen LogP contribution in [0.2, 0.25) is 0 Å². The van der Waals surface area contributed by atoms with Crippen LogP contribution < -0.4 is 10.9 Å². The predicted octanol–water partition coefficient (Wildman–Crippen LogP) is 3.54. The molecular formula is C19H19N3O2S. The Bertz CT molecular complexity index is 954. The molecule has 0 aliphatic carbocycles. The fourth-order valence-electron chi connectivity index (χ4n) is 2.49. The van der Waals surface area contributed by atoms with Crippen molar-refractivity contribution in [3.05, 3.63) is 65.0 Å². The van der Waals surface area contributed by atoms with Gasteiger partial charge in [0.2, 0.25) is 5.91 Å². The van der Waals surface area contributed by atoms with Crippen molar-refractivity contribution in [2.75, 3.05) is 5.32 Å². The molecule has 2 aromatic carbocycles. The Morgan fingerprint density at radius 2 is 1.84 bits per heavy atom. The third kappa shape index (κ3) is 3.74. The third-order valence-electron chi connectivity index (χ3n) is 3.84. The summed E-state index contributed by atoms with van der Waals surface area (Å²) in [6.45, 7) is 4.22. The van der Waals surface area contributed by atoms with Gasteiger partial charge in [-0.25, -0.2) is 4.98 Å². The first-order chi connectivity index (χ1) is 12.1. The maximum atomic E-state index is 12.6. The molecule has 1 aromatic heterocycles. The van der Waals surface area contributed by atoms with Gasteiger partial charge in [-0.05, 0) is 38.1 Å². The smallest absolute Gasteiger partial charge is 0.262 e. The lowest BCUT2D eigenvalue weighted by atomic mass is 10.2. The Hall–Kier alpha value is -2.60. The highest BCUT2D eigenvalue weighted by molar-refractivity contribution is 8.00. The fraction of sp³-hybridized carbons (Fsp3) is 0.211. The second-order valence-electron chi connectivity index (χ2n) is 5.58. The van der Waals surface area contributed by atoms with Gasteiger partial charge in [-0.2, -0.15) is 0 Å². The number of carbonyl (C=O) groups excluding carboxylic acids is 1. The molecule has 3 aromatic rings. The fourth-order valence-corrected chi connectivity index (χ4v) is 3.47. The topological polar surface area (TPSA) is 64.0 Å². The number of para-hydroxylation sites is 2. The minimum Gasteiger partial charge on any atom is -0.325 e. The number of amides is 1. The van der Waals surface area contributed by atoms with Crippen molar-refractivity contribution in [2.45, 2.75) is 30.8 Å². The number of benzene rings is 2. The number of hydrogen-bond acceptors (Lipinski definition) is 4. The highest BCUT2D eigenvalue weighted by Gasteiger charge is 2.19. The van der Waals surface area contributed by atoms with Crippen LogP contribution in [-0.4, -0.2) is 20.7 Å². The summed E-state index contributed by atoms with van der Waals surface area (Å²) in [5, 5.41) is 3.64. The van der Waals surface area contributed by atoms with Crippen LogP contribution in [0.4, 0.5) is 5.69 Å². The van der Waals surface area contributed by atoms with Crippen LogP contribution in [-0.2, 0) is 11.3 Å². The average molecular weight is 353 g/mol. The van der Waals surface area contributed by atoms with Crippen LogP contribution in [0.5, 0.6) is 0 Å². The monoisotopic (exact) mass is 353 g/mol.